The van der Waals surface area contributed by atoms with Crippen LogP contribution < -0.4 is 15.5 Å². The number of hydrogen-bond donors (Lipinski definition) is 2. The molecule has 1 fully saturated rings. The van der Waals surface area contributed by atoms with Crippen LogP contribution in [0, 0.1) is 0 Å². The monoisotopic (exact) mass is 203 g/mol. The quantitative estimate of drug-likeness (QED) is 0.665. The second-order valence-electron chi connectivity index (χ2n) is 4.70. The predicted molar refractivity (Wildman–Crippen MR) is 63.6 cm³/mol. The first-order chi connectivity index (χ1) is 7.30. The first-order valence-electron chi connectivity index (χ1n) is 5.61. The van der Waals surface area contributed by atoms with Gasteiger partial charge in [0, 0.05) is 26.2 Å². The molecule has 1 atom stereocenters. The molecule has 0 radical (unpaired) electrons. The minimum Gasteiger partial charge on any atom is -0.381 e. The lowest BCUT2D eigenvalue weighted by atomic mass is 9.93. The summed E-state index contributed by atoms with van der Waals surface area (Å²) in [5.41, 5.74) is 2.86. The third kappa shape index (κ3) is 1.30. The number of piperazine rings is 1. The number of hydrogen-bond acceptors (Lipinski definition) is 3. The Hall–Kier alpha value is -1.22. The van der Waals surface area contributed by atoms with E-state index in [9.17, 15) is 0 Å². The summed E-state index contributed by atoms with van der Waals surface area (Å²) in [5.74, 6) is 0. The second kappa shape index (κ2) is 3.14. The lowest BCUT2D eigenvalue weighted by Gasteiger charge is -2.50. The van der Waals surface area contributed by atoms with Crippen molar-refractivity contribution in [2.24, 2.45) is 0 Å². The van der Waals surface area contributed by atoms with Crippen LogP contribution in [0.3, 0.4) is 0 Å². The van der Waals surface area contributed by atoms with E-state index in [4.69, 9.17) is 0 Å². The van der Waals surface area contributed by atoms with Crippen LogP contribution in [0.2, 0.25) is 0 Å². The van der Waals surface area contributed by atoms with Gasteiger partial charge in [0.15, 0.2) is 0 Å². The summed E-state index contributed by atoms with van der Waals surface area (Å²) in [6.45, 7) is 6.60. The summed E-state index contributed by atoms with van der Waals surface area (Å²) in [4.78, 5) is 2.54. The van der Waals surface area contributed by atoms with Crippen LogP contribution in [0.1, 0.15) is 6.92 Å². The number of rotatable bonds is 0. The van der Waals surface area contributed by atoms with Gasteiger partial charge in [-0.1, -0.05) is 12.1 Å². The van der Waals surface area contributed by atoms with Crippen LogP contribution in [0.5, 0.6) is 0 Å². The van der Waals surface area contributed by atoms with Gasteiger partial charge in [0.25, 0.3) is 0 Å². The van der Waals surface area contributed by atoms with Gasteiger partial charge in [-0.3, -0.25) is 0 Å². The average Bonchev–Trinajstić information content (AvgIpc) is 2.28. The van der Waals surface area contributed by atoms with Crippen LogP contribution in [0.4, 0.5) is 11.4 Å². The number of benzene rings is 1. The van der Waals surface area contributed by atoms with E-state index in [1.165, 1.54) is 11.4 Å². The van der Waals surface area contributed by atoms with Gasteiger partial charge in [-0.05, 0) is 19.1 Å². The number of nitrogens with one attached hydrogen (secondary N) is 2. The summed E-state index contributed by atoms with van der Waals surface area (Å²) in [7, 11) is 0. The Bertz CT molecular complexity index is 377. The predicted octanol–water partition coefficient (Wildman–Crippen LogP) is 1.28. The highest BCUT2D eigenvalue weighted by Crippen LogP contribution is 2.36. The van der Waals surface area contributed by atoms with Crippen LogP contribution in [0.25, 0.3) is 0 Å². The van der Waals surface area contributed by atoms with Crippen molar-refractivity contribution in [1.29, 1.82) is 0 Å². The molecule has 15 heavy (non-hydrogen) atoms. The molecule has 1 aromatic rings. The maximum atomic E-state index is 3.52. The number of fused-ring (bicyclic) bond motifs is 3. The fraction of sp³-hybridized carbons (Fsp3) is 0.500. The first-order valence-corrected chi connectivity index (χ1v) is 5.61. The first kappa shape index (κ1) is 9.04. The maximum absolute atomic E-state index is 3.52. The molecule has 0 spiro atoms. The van der Waals surface area contributed by atoms with E-state index in [1.807, 2.05) is 0 Å². The van der Waals surface area contributed by atoms with Crippen molar-refractivity contribution in [2.45, 2.75) is 12.5 Å². The van der Waals surface area contributed by atoms with E-state index in [1.54, 1.807) is 0 Å². The molecule has 2 N–H and O–H groups in total. The van der Waals surface area contributed by atoms with Gasteiger partial charge in [-0.25, -0.2) is 0 Å². The van der Waals surface area contributed by atoms with E-state index in [0.717, 1.165) is 26.2 Å². The van der Waals surface area contributed by atoms with E-state index >= 15 is 0 Å². The number of anilines is 2. The summed E-state index contributed by atoms with van der Waals surface area (Å²) in [6, 6.07) is 8.59. The van der Waals surface area contributed by atoms with Crippen molar-refractivity contribution in [2.75, 3.05) is 36.4 Å². The standard InChI is InChI=1S/C12H17N3/c1-12-8-13-6-7-15(12)11-5-3-2-4-10(11)14-9-12/h2-5,13-14H,6-9H2,1H3. The van der Waals surface area contributed by atoms with E-state index in [-0.39, 0.29) is 5.54 Å². The van der Waals surface area contributed by atoms with Crippen LogP contribution >= 0.6 is 0 Å². The molecule has 2 aliphatic rings. The molecule has 0 bridgehead atoms. The molecular formula is C12H17N3. The zero-order valence-electron chi connectivity index (χ0n) is 9.09. The second-order valence-corrected chi connectivity index (χ2v) is 4.70. The normalized spacial score (nSPS) is 29.0. The fourth-order valence-electron chi connectivity index (χ4n) is 2.63. The minimum absolute atomic E-state index is 0.229. The summed E-state index contributed by atoms with van der Waals surface area (Å²) >= 11 is 0. The van der Waals surface area contributed by atoms with E-state index in [0.29, 0.717) is 0 Å². The molecule has 3 nitrogen and oxygen atoms in total. The van der Waals surface area contributed by atoms with Crippen molar-refractivity contribution in [3.63, 3.8) is 0 Å². The number of para-hydroxylation sites is 2. The molecule has 3 rings (SSSR count). The molecule has 0 amide bonds. The molecule has 2 heterocycles. The molecule has 0 saturated carbocycles. The Morgan fingerprint density at radius 1 is 1.27 bits per heavy atom. The van der Waals surface area contributed by atoms with Crippen molar-refractivity contribution in [3.05, 3.63) is 24.3 Å². The highest BCUT2D eigenvalue weighted by atomic mass is 15.3. The Morgan fingerprint density at radius 3 is 3.07 bits per heavy atom. The van der Waals surface area contributed by atoms with Crippen molar-refractivity contribution >= 4 is 11.4 Å². The summed E-state index contributed by atoms with van der Waals surface area (Å²) < 4.78 is 0. The Labute approximate surface area is 90.5 Å². The fourth-order valence-corrected chi connectivity index (χ4v) is 2.63. The summed E-state index contributed by atoms with van der Waals surface area (Å²) in [5, 5.41) is 6.99. The minimum atomic E-state index is 0.229. The van der Waals surface area contributed by atoms with Gasteiger partial charge in [0.2, 0.25) is 0 Å². The maximum Gasteiger partial charge on any atom is 0.0671 e. The molecule has 1 saturated heterocycles. The zero-order valence-corrected chi connectivity index (χ0v) is 9.09. The van der Waals surface area contributed by atoms with Gasteiger partial charge in [-0.15, -0.1) is 0 Å². The van der Waals surface area contributed by atoms with E-state index < -0.39 is 0 Å². The van der Waals surface area contributed by atoms with Crippen molar-refractivity contribution < 1.29 is 0 Å². The smallest absolute Gasteiger partial charge is 0.0671 e. The van der Waals surface area contributed by atoms with Crippen LogP contribution in [0.15, 0.2) is 24.3 Å². The van der Waals surface area contributed by atoms with Gasteiger partial charge in [-0.2, -0.15) is 0 Å². The molecule has 2 aliphatic heterocycles. The van der Waals surface area contributed by atoms with Gasteiger partial charge < -0.3 is 15.5 Å². The molecule has 80 valence electrons. The Balaban J connectivity index is 2.05. The van der Waals surface area contributed by atoms with E-state index in [2.05, 4.69) is 46.7 Å². The Morgan fingerprint density at radius 2 is 2.13 bits per heavy atom. The number of nitrogens with zero attached hydrogens (tertiary/aromatic N) is 1. The average molecular weight is 203 g/mol. The highest BCUT2D eigenvalue weighted by molar-refractivity contribution is 5.74. The van der Waals surface area contributed by atoms with Gasteiger partial charge >= 0.3 is 0 Å². The van der Waals surface area contributed by atoms with Crippen molar-refractivity contribution in [1.82, 2.24) is 5.32 Å². The largest absolute Gasteiger partial charge is 0.381 e. The topological polar surface area (TPSA) is 27.3 Å². The molecular weight excluding hydrogens is 186 g/mol. The molecule has 0 aromatic heterocycles. The molecule has 3 heteroatoms. The molecule has 1 unspecified atom stereocenters. The third-order valence-electron chi connectivity index (χ3n) is 3.52. The van der Waals surface area contributed by atoms with Crippen LogP contribution in [-0.2, 0) is 0 Å². The SMILES string of the molecule is CC12CNCCN1c1ccccc1NC2. The van der Waals surface area contributed by atoms with Crippen LogP contribution in [-0.4, -0.2) is 31.7 Å². The molecule has 1 aromatic carbocycles. The molecule has 0 aliphatic carbocycles. The zero-order chi connectivity index (χ0) is 10.3. The third-order valence-corrected chi connectivity index (χ3v) is 3.52. The highest BCUT2D eigenvalue weighted by Gasteiger charge is 2.38. The van der Waals surface area contributed by atoms with Gasteiger partial charge in [0.05, 0.1) is 16.9 Å². The van der Waals surface area contributed by atoms with Gasteiger partial charge in [0.1, 0.15) is 0 Å². The Kier molecular flexibility index (Phi) is 1.89. The summed E-state index contributed by atoms with van der Waals surface area (Å²) in [6.07, 6.45) is 0. The van der Waals surface area contributed by atoms with Crippen molar-refractivity contribution in [3.8, 4) is 0 Å². The lowest BCUT2D eigenvalue weighted by Crippen LogP contribution is -2.64. The lowest BCUT2D eigenvalue weighted by molar-refractivity contribution is 0.362.